The Morgan fingerprint density at radius 2 is 1.85 bits per heavy atom. The minimum Gasteiger partial charge on any atom is -0.398 e. The van der Waals surface area contributed by atoms with Crippen LogP contribution in [-0.2, 0) is 4.79 Å². The molecule has 104 valence electrons. The number of para-hydroxylation sites is 1. The molecule has 0 unspecified atom stereocenters. The van der Waals surface area contributed by atoms with Crippen molar-refractivity contribution >= 4 is 23.0 Å². The van der Waals surface area contributed by atoms with Crippen molar-refractivity contribution in [3.05, 3.63) is 54.1 Å². The van der Waals surface area contributed by atoms with E-state index in [1.807, 2.05) is 67.4 Å². The highest BCUT2D eigenvalue weighted by atomic mass is 16.2. The van der Waals surface area contributed by atoms with Crippen LogP contribution in [0.2, 0.25) is 0 Å². The van der Waals surface area contributed by atoms with E-state index in [-0.39, 0.29) is 12.5 Å². The number of carbonyl (C=O) groups excluding carboxylic acids is 1. The summed E-state index contributed by atoms with van der Waals surface area (Å²) in [5.41, 5.74) is 9.17. The maximum atomic E-state index is 12.1. The number of benzene rings is 2. The van der Waals surface area contributed by atoms with Crippen LogP contribution < -0.4 is 16.0 Å². The molecule has 0 aliphatic rings. The van der Waals surface area contributed by atoms with Crippen LogP contribution >= 0.6 is 0 Å². The van der Waals surface area contributed by atoms with Crippen LogP contribution in [0.15, 0.2) is 48.5 Å². The molecule has 0 aliphatic carbocycles. The number of nitrogens with two attached hydrogens (primary N) is 1. The zero-order valence-corrected chi connectivity index (χ0v) is 11.8. The van der Waals surface area contributed by atoms with Crippen LogP contribution in [0.25, 0.3) is 0 Å². The maximum Gasteiger partial charge on any atom is 0.243 e. The first-order valence-corrected chi connectivity index (χ1v) is 6.49. The second-order valence-electron chi connectivity index (χ2n) is 4.76. The molecule has 2 rings (SSSR count). The lowest BCUT2D eigenvalue weighted by atomic mass is 10.1. The summed E-state index contributed by atoms with van der Waals surface area (Å²) in [6, 6.07) is 15.3. The molecule has 0 radical (unpaired) electrons. The van der Waals surface area contributed by atoms with Crippen molar-refractivity contribution in [3.63, 3.8) is 0 Å². The molecule has 0 aromatic heterocycles. The molecule has 20 heavy (non-hydrogen) atoms. The van der Waals surface area contributed by atoms with Gasteiger partial charge in [0.2, 0.25) is 5.91 Å². The molecule has 2 aromatic rings. The number of nitrogen functional groups attached to an aromatic ring is 1. The molecule has 0 aliphatic heterocycles. The summed E-state index contributed by atoms with van der Waals surface area (Å²) in [4.78, 5) is 14.0. The maximum absolute atomic E-state index is 12.1. The van der Waals surface area contributed by atoms with Gasteiger partial charge in [0, 0.05) is 24.1 Å². The molecule has 0 spiro atoms. The molecule has 4 heteroatoms. The summed E-state index contributed by atoms with van der Waals surface area (Å²) in [6.07, 6.45) is 0. The van der Waals surface area contributed by atoms with Crippen LogP contribution in [0, 0.1) is 6.92 Å². The summed E-state index contributed by atoms with van der Waals surface area (Å²) in [7, 11) is 1.89. The Kier molecular flexibility index (Phi) is 4.25. The molecule has 4 nitrogen and oxygen atoms in total. The highest BCUT2D eigenvalue weighted by Gasteiger charge is 2.09. The van der Waals surface area contributed by atoms with Gasteiger partial charge in [-0.3, -0.25) is 4.79 Å². The van der Waals surface area contributed by atoms with Crippen molar-refractivity contribution in [1.29, 1.82) is 0 Å². The van der Waals surface area contributed by atoms with E-state index in [2.05, 4.69) is 5.32 Å². The minimum atomic E-state index is -0.0648. The van der Waals surface area contributed by atoms with Gasteiger partial charge in [-0.25, -0.2) is 0 Å². The number of amides is 1. The predicted molar refractivity (Wildman–Crippen MR) is 83.9 cm³/mol. The first-order chi connectivity index (χ1) is 9.58. The molecular formula is C16H19N3O. The van der Waals surface area contributed by atoms with Gasteiger partial charge in [0.15, 0.2) is 0 Å². The molecule has 0 saturated carbocycles. The fraction of sp³-hybridized carbons (Fsp3) is 0.188. The molecule has 1 amide bonds. The van der Waals surface area contributed by atoms with Crippen LogP contribution in [0.1, 0.15) is 5.56 Å². The topological polar surface area (TPSA) is 58.4 Å². The van der Waals surface area contributed by atoms with Gasteiger partial charge in [-0.15, -0.1) is 0 Å². The van der Waals surface area contributed by atoms with Gasteiger partial charge < -0.3 is 16.0 Å². The van der Waals surface area contributed by atoms with Gasteiger partial charge in [0.1, 0.15) is 0 Å². The van der Waals surface area contributed by atoms with Crippen molar-refractivity contribution < 1.29 is 4.79 Å². The standard InChI is InChI=1S/C16H19N3O/c1-12-14(17)9-6-10-15(12)18-16(20)11-19(2)13-7-4-3-5-8-13/h3-10H,11,17H2,1-2H3,(H,18,20). The van der Waals surface area contributed by atoms with Gasteiger partial charge in [0.05, 0.1) is 6.54 Å². The number of hydrogen-bond donors (Lipinski definition) is 2. The first-order valence-electron chi connectivity index (χ1n) is 6.49. The number of hydrogen-bond acceptors (Lipinski definition) is 3. The van der Waals surface area contributed by atoms with Crippen LogP contribution in [0.4, 0.5) is 17.1 Å². The Morgan fingerprint density at radius 3 is 2.55 bits per heavy atom. The molecule has 0 heterocycles. The number of nitrogens with one attached hydrogen (secondary N) is 1. The Bertz CT molecular complexity index is 596. The first kappa shape index (κ1) is 13.9. The Hall–Kier alpha value is -2.49. The normalized spacial score (nSPS) is 10.1. The third kappa shape index (κ3) is 3.29. The van der Waals surface area contributed by atoms with Crippen molar-refractivity contribution in [1.82, 2.24) is 0 Å². The second-order valence-corrected chi connectivity index (χ2v) is 4.76. The van der Waals surface area contributed by atoms with Crippen molar-refractivity contribution in [2.75, 3.05) is 29.5 Å². The summed E-state index contributed by atoms with van der Waals surface area (Å²) >= 11 is 0. The lowest BCUT2D eigenvalue weighted by molar-refractivity contribution is -0.114. The molecular weight excluding hydrogens is 250 g/mol. The average Bonchev–Trinajstić information content (AvgIpc) is 2.45. The molecule has 0 atom stereocenters. The van der Waals surface area contributed by atoms with Crippen molar-refractivity contribution in [2.45, 2.75) is 6.92 Å². The summed E-state index contributed by atoms with van der Waals surface area (Å²) in [5, 5.41) is 2.89. The highest BCUT2D eigenvalue weighted by molar-refractivity contribution is 5.95. The molecule has 0 fully saturated rings. The Labute approximate surface area is 119 Å². The molecule has 0 bridgehead atoms. The van der Waals surface area contributed by atoms with Gasteiger partial charge in [-0.05, 0) is 36.8 Å². The van der Waals surface area contributed by atoms with Crippen LogP contribution in [-0.4, -0.2) is 19.5 Å². The number of carbonyl (C=O) groups is 1. The molecule has 3 N–H and O–H groups in total. The van der Waals surface area contributed by atoms with E-state index in [0.29, 0.717) is 5.69 Å². The fourth-order valence-corrected chi connectivity index (χ4v) is 1.97. The Morgan fingerprint density at radius 1 is 1.15 bits per heavy atom. The van der Waals surface area contributed by atoms with E-state index in [4.69, 9.17) is 5.73 Å². The van der Waals surface area contributed by atoms with Gasteiger partial charge >= 0.3 is 0 Å². The van der Waals surface area contributed by atoms with Crippen LogP contribution in [0.5, 0.6) is 0 Å². The van der Waals surface area contributed by atoms with Crippen molar-refractivity contribution in [2.24, 2.45) is 0 Å². The summed E-state index contributed by atoms with van der Waals surface area (Å²) < 4.78 is 0. The van der Waals surface area contributed by atoms with Gasteiger partial charge in [0.25, 0.3) is 0 Å². The number of anilines is 3. The molecule has 0 saturated heterocycles. The zero-order chi connectivity index (χ0) is 14.5. The minimum absolute atomic E-state index is 0.0648. The Balaban J connectivity index is 2.01. The van der Waals surface area contributed by atoms with E-state index >= 15 is 0 Å². The molecule has 2 aromatic carbocycles. The van der Waals surface area contributed by atoms with E-state index in [0.717, 1.165) is 16.9 Å². The van der Waals surface area contributed by atoms with Gasteiger partial charge in [-0.1, -0.05) is 24.3 Å². The monoisotopic (exact) mass is 269 g/mol. The fourth-order valence-electron chi connectivity index (χ4n) is 1.97. The van der Waals surface area contributed by atoms with E-state index < -0.39 is 0 Å². The average molecular weight is 269 g/mol. The quantitative estimate of drug-likeness (QED) is 0.839. The lowest BCUT2D eigenvalue weighted by Crippen LogP contribution is -2.30. The van der Waals surface area contributed by atoms with Crippen molar-refractivity contribution in [3.8, 4) is 0 Å². The third-order valence-electron chi connectivity index (χ3n) is 3.23. The van der Waals surface area contributed by atoms with E-state index in [9.17, 15) is 4.79 Å². The third-order valence-corrected chi connectivity index (χ3v) is 3.23. The largest absolute Gasteiger partial charge is 0.398 e. The second kappa shape index (κ2) is 6.10. The summed E-state index contributed by atoms with van der Waals surface area (Å²) in [5.74, 6) is -0.0648. The lowest BCUT2D eigenvalue weighted by Gasteiger charge is -2.19. The number of nitrogens with zero attached hydrogens (tertiary/aromatic N) is 1. The zero-order valence-electron chi connectivity index (χ0n) is 11.8. The number of likely N-dealkylation sites (N-methyl/N-ethyl adjacent to an activating group) is 1. The van der Waals surface area contributed by atoms with Crippen LogP contribution in [0.3, 0.4) is 0 Å². The van der Waals surface area contributed by atoms with E-state index in [1.165, 1.54) is 0 Å². The van der Waals surface area contributed by atoms with E-state index in [1.54, 1.807) is 0 Å². The predicted octanol–water partition coefficient (Wildman–Crippen LogP) is 2.65. The smallest absolute Gasteiger partial charge is 0.243 e. The summed E-state index contributed by atoms with van der Waals surface area (Å²) in [6.45, 7) is 2.18. The van der Waals surface area contributed by atoms with Gasteiger partial charge in [-0.2, -0.15) is 0 Å². The number of rotatable bonds is 4. The highest BCUT2D eigenvalue weighted by Crippen LogP contribution is 2.20. The SMILES string of the molecule is Cc1c(N)cccc1NC(=O)CN(C)c1ccccc1.